The van der Waals surface area contributed by atoms with Crippen LogP contribution in [0.3, 0.4) is 0 Å². The zero-order chi connectivity index (χ0) is 21.4. The number of hydrogen-bond donors (Lipinski definition) is 1. The topological polar surface area (TPSA) is 73.7 Å². The Bertz CT molecular complexity index is 1180. The van der Waals surface area contributed by atoms with E-state index in [1.54, 1.807) is 18.2 Å². The molecule has 1 fully saturated rings. The minimum absolute atomic E-state index is 0.00956. The largest absolute Gasteiger partial charge is 0.366 e. The minimum atomic E-state index is -0.500. The fourth-order valence-corrected chi connectivity index (χ4v) is 4.22. The summed E-state index contributed by atoms with van der Waals surface area (Å²) in [6.45, 7) is 1.62. The summed E-state index contributed by atoms with van der Waals surface area (Å²) in [5, 5.41) is 2.77. The number of halogens is 1. The van der Waals surface area contributed by atoms with Crippen molar-refractivity contribution in [1.29, 1.82) is 0 Å². The van der Waals surface area contributed by atoms with Crippen LogP contribution in [0.2, 0.25) is 0 Å². The molecule has 3 aromatic rings. The molecular formula is C23H21FN6O. The van der Waals surface area contributed by atoms with Gasteiger partial charge in [0.05, 0.1) is 35.5 Å². The highest BCUT2D eigenvalue weighted by atomic mass is 19.1. The first-order valence-electron chi connectivity index (χ1n) is 10.1. The normalized spacial score (nSPS) is 17.2. The number of amides is 2. The predicted molar refractivity (Wildman–Crippen MR) is 120 cm³/mol. The summed E-state index contributed by atoms with van der Waals surface area (Å²) in [6.07, 6.45) is 5.17. The fraction of sp³-hybridized carbons (Fsp3) is 0.217. The van der Waals surface area contributed by atoms with Gasteiger partial charge in [-0.15, -0.1) is 0 Å². The Morgan fingerprint density at radius 3 is 3.00 bits per heavy atom. The van der Waals surface area contributed by atoms with E-state index in [2.05, 4.69) is 20.2 Å². The van der Waals surface area contributed by atoms with Gasteiger partial charge in [0.25, 0.3) is 0 Å². The van der Waals surface area contributed by atoms with Crippen LogP contribution in [-0.4, -0.2) is 48.4 Å². The van der Waals surface area contributed by atoms with Gasteiger partial charge in [-0.3, -0.25) is 14.9 Å². The van der Waals surface area contributed by atoms with Crippen LogP contribution >= 0.6 is 0 Å². The molecular weight excluding hydrogens is 395 g/mol. The first kappa shape index (κ1) is 19.2. The van der Waals surface area contributed by atoms with Crippen LogP contribution < -0.4 is 15.1 Å². The molecule has 1 N–H and O–H groups in total. The van der Waals surface area contributed by atoms with Crippen LogP contribution in [0.1, 0.15) is 12.0 Å². The van der Waals surface area contributed by atoms with Gasteiger partial charge in [-0.2, -0.15) is 0 Å². The summed E-state index contributed by atoms with van der Waals surface area (Å²) in [6, 6.07) is 12.9. The minimum Gasteiger partial charge on any atom is -0.366 e. The molecule has 31 heavy (non-hydrogen) atoms. The van der Waals surface area contributed by atoms with Crippen LogP contribution in [-0.2, 0) is 0 Å². The summed E-state index contributed by atoms with van der Waals surface area (Å²) >= 11 is 0. The fourth-order valence-electron chi connectivity index (χ4n) is 4.22. The molecule has 156 valence electrons. The average Bonchev–Trinajstić information content (AvgIpc) is 3.18. The Kier molecular flexibility index (Phi) is 4.82. The van der Waals surface area contributed by atoms with E-state index in [4.69, 9.17) is 4.98 Å². The van der Waals surface area contributed by atoms with Crippen molar-refractivity contribution < 1.29 is 9.18 Å². The maximum atomic E-state index is 13.5. The molecule has 8 heteroatoms. The lowest BCUT2D eigenvalue weighted by atomic mass is 10.1. The first-order chi connectivity index (χ1) is 15.1. The van der Waals surface area contributed by atoms with E-state index in [0.29, 0.717) is 11.5 Å². The highest BCUT2D eigenvalue weighted by Gasteiger charge is 2.40. The molecule has 7 nitrogen and oxygen atoms in total. The van der Waals surface area contributed by atoms with Gasteiger partial charge < -0.3 is 10.2 Å². The smallest absolute Gasteiger partial charge is 0.327 e. The van der Waals surface area contributed by atoms with E-state index in [1.807, 2.05) is 36.4 Å². The summed E-state index contributed by atoms with van der Waals surface area (Å²) in [5.41, 5.74) is 3.95. The molecule has 2 aliphatic rings. The molecule has 1 atom stereocenters. The standard InChI is InChI=1S/C23H21FN6O/c1-25-11-15-3-2-4-16(9-15)20-5-6-21-22(28-20)30(19-7-8-29(21)14-19)23(31)27-18-10-17(24)12-26-13-18/h2-6,9-13,19H,7-8,14H2,1H3,(H,27,31)/t19-/m0/s1. The lowest BCUT2D eigenvalue weighted by Crippen LogP contribution is -2.48. The number of anilines is 3. The Morgan fingerprint density at radius 1 is 1.26 bits per heavy atom. The number of carbonyl (C=O) groups is 1. The molecule has 0 radical (unpaired) electrons. The molecule has 2 aliphatic heterocycles. The van der Waals surface area contributed by atoms with Gasteiger partial charge in [-0.05, 0) is 30.2 Å². The number of benzene rings is 1. The van der Waals surface area contributed by atoms with E-state index in [0.717, 1.165) is 48.2 Å². The second kappa shape index (κ2) is 7.79. The molecule has 0 spiro atoms. The zero-order valence-electron chi connectivity index (χ0n) is 17.0. The van der Waals surface area contributed by atoms with Crippen LogP contribution in [0.5, 0.6) is 0 Å². The van der Waals surface area contributed by atoms with E-state index >= 15 is 0 Å². The third-order valence-corrected chi connectivity index (χ3v) is 5.59. The van der Waals surface area contributed by atoms with Crippen LogP contribution in [0.25, 0.3) is 11.3 Å². The van der Waals surface area contributed by atoms with Crippen molar-refractivity contribution in [3.8, 4) is 11.3 Å². The molecule has 0 saturated carbocycles. The Balaban J connectivity index is 1.52. The van der Waals surface area contributed by atoms with Crippen molar-refractivity contribution in [2.75, 3.05) is 35.3 Å². The summed E-state index contributed by atoms with van der Waals surface area (Å²) in [4.78, 5) is 29.9. The lowest BCUT2D eigenvalue weighted by Gasteiger charge is -2.35. The average molecular weight is 416 g/mol. The van der Waals surface area contributed by atoms with Crippen LogP contribution in [0.15, 0.2) is 59.9 Å². The van der Waals surface area contributed by atoms with Crippen molar-refractivity contribution in [2.45, 2.75) is 12.5 Å². The quantitative estimate of drug-likeness (QED) is 0.656. The third-order valence-electron chi connectivity index (χ3n) is 5.59. The van der Waals surface area contributed by atoms with E-state index in [9.17, 15) is 9.18 Å². The van der Waals surface area contributed by atoms with Crippen molar-refractivity contribution in [1.82, 2.24) is 9.97 Å². The van der Waals surface area contributed by atoms with E-state index < -0.39 is 5.82 Å². The first-order valence-corrected chi connectivity index (χ1v) is 10.1. The van der Waals surface area contributed by atoms with Crippen molar-refractivity contribution >= 4 is 29.4 Å². The summed E-state index contributed by atoms with van der Waals surface area (Å²) < 4.78 is 13.5. The number of fused-ring (bicyclic) bond motifs is 4. The molecule has 5 rings (SSSR count). The number of nitrogens with one attached hydrogen (secondary N) is 1. The van der Waals surface area contributed by atoms with Crippen LogP contribution in [0.4, 0.5) is 26.4 Å². The Hall–Kier alpha value is -3.81. The zero-order valence-corrected chi connectivity index (χ0v) is 17.0. The molecule has 2 amide bonds. The second-order valence-electron chi connectivity index (χ2n) is 7.63. The van der Waals surface area contributed by atoms with Gasteiger partial charge >= 0.3 is 6.03 Å². The van der Waals surface area contributed by atoms with Crippen molar-refractivity contribution in [3.05, 3.63) is 66.2 Å². The SMILES string of the molecule is CN=Cc1cccc(-c2ccc3c(n2)N(C(=O)Nc2cncc(F)c2)[C@H]2CCN3C2)c1. The lowest BCUT2D eigenvalue weighted by molar-refractivity contribution is 0.255. The van der Waals surface area contributed by atoms with Crippen LogP contribution in [0, 0.1) is 5.82 Å². The molecule has 4 heterocycles. The van der Waals surface area contributed by atoms with Gasteiger partial charge in [0.15, 0.2) is 5.82 Å². The van der Waals surface area contributed by atoms with E-state index in [-0.39, 0.29) is 12.1 Å². The van der Waals surface area contributed by atoms with Crippen molar-refractivity contribution in [2.24, 2.45) is 4.99 Å². The van der Waals surface area contributed by atoms with Gasteiger partial charge in [-0.1, -0.05) is 18.2 Å². The number of rotatable bonds is 3. The molecule has 2 aromatic heterocycles. The van der Waals surface area contributed by atoms with Gasteiger partial charge in [0.1, 0.15) is 5.82 Å². The maximum absolute atomic E-state index is 13.5. The number of pyridine rings is 2. The Morgan fingerprint density at radius 2 is 2.16 bits per heavy atom. The predicted octanol–water partition coefficient (Wildman–Crippen LogP) is 3.96. The van der Waals surface area contributed by atoms with Gasteiger partial charge in [0.2, 0.25) is 0 Å². The number of carbonyl (C=O) groups excluding carboxylic acids is 1. The molecule has 0 aliphatic carbocycles. The monoisotopic (exact) mass is 416 g/mol. The summed E-state index contributed by atoms with van der Waals surface area (Å²) in [7, 11) is 1.73. The van der Waals surface area contributed by atoms with Gasteiger partial charge in [-0.25, -0.2) is 14.2 Å². The molecule has 1 saturated heterocycles. The highest BCUT2D eigenvalue weighted by molar-refractivity contribution is 6.04. The highest BCUT2D eigenvalue weighted by Crippen LogP contribution is 2.40. The summed E-state index contributed by atoms with van der Waals surface area (Å²) in [5.74, 6) is 0.113. The number of urea groups is 1. The van der Waals surface area contributed by atoms with Crippen molar-refractivity contribution in [3.63, 3.8) is 0 Å². The van der Waals surface area contributed by atoms with E-state index in [1.165, 1.54) is 12.3 Å². The number of aliphatic imine (C=N–C) groups is 1. The number of nitrogens with zero attached hydrogens (tertiary/aromatic N) is 5. The number of hydrogen-bond acceptors (Lipinski definition) is 5. The molecule has 2 bridgehead atoms. The third kappa shape index (κ3) is 3.61. The maximum Gasteiger partial charge on any atom is 0.327 e. The molecule has 1 aromatic carbocycles. The second-order valence-corrected chi connectivity index (χ2v) is 7.63. The number of aromatic nitrogens is 2. The molecule has 0 unspecified atom stereocenters. The van der Waals surface area contributed by atoms with Gasteiger partial charge in [0, 0.05) is 38.0 Å². The Labute approximate surface area is 179 Å².